The Balaban J connectivity index is 3.42. The molecular weight excluding hydrogens is 779 g/mol. The number of ether oxygens (including phenoxy) is 1. The first-order valence-electron chi connectivity index (χ1n) is 28.8. The van der Waals surface area contributed by atoms with Crippen molar-refractivity contribution < 1.29 is 24.5 Å². The number of hydrogen-bond acceptors (Lipinski definition) is 5. The van der Waals surface area contributed by atoms with Gasteiger partial charge in [0.25, 0.3) is 0 Å². The highest BCUT2D eigenvalue weighted by Crippen LogP contribution is 2.18. The van der Waals surface area contributed by atoms with Crippen molar-refractivity contribution in [2.24, 2.45) is 0 Å². The lowest BCUT2D eigenvalue weighted by atomic mass is 10.0. The fourth-order valence-corrected chi connectivity index (χ4v) is 9.23. The van der Waals surface area contributed by atoms with Gasteiger partial charge in [-0.1, -0.05) is 290 Å². The molecule has 0 saturated carbocycles. The molecule has 2 atom stereocenters. The second-order valence-electron chi connectivity index (χ2n) is 20.0. The lowest BCUT2D eigenvalue weighted by molar-refractivity contribution is -0.143. The quantitative estimate of drug-likeness (QED) is 0.0418. The van der Waals surface area contributed by atoms with Crippen LogP contribution in [-0.2, 0) is 14.3 Å². The van der Waals surface area contributed by atoms with Gasteiger partial charge < -0.3 is 20.3 Å². The van der Waals surface area contributed by atoms with Crippen LogP contribution in [0, 0.1) is 0 Å². The van der Waals surface area contributed by atoms with Crippen molar-refractivity contribution in [3.8, 4) is 0 Å². The van der Waals surface area contributed by atoms with Crippen LogP contribution in [0.15, 0.2) is 0 Å². The molecule has 0 aromatic rings. The van der Waals surface area contributed by atoms with Gasteiger partial charge in [-0.05, 0) is 25.7 Å². The van der Waals surface area contributed by atoms with Crippen LogP contribution in [0.4, 0.5) is 0 Å². The second kappa shape index (κ2) is 53.5. The van der Waals surface area contributed by atoms with E-state index in [4.69, 9.17) is 4.74 Å². The van der Waals surface area contributed by atoms with E-state index >= 15 is 0 Å². The molecule has 63 heavy (non-hydrogen) atoms. The van der Waals surface area contributed by atoms with E-state index in [0.717, 1.165) is 44.9 Å². The Morgan fingerprint density at radius 3 is 0.968 bits per heavy atom. The van der Waals surface area contributed by atoms with Crippen molar-refractivity contribution in [2.45, 2.75) is 341 Å². The van der Waals surface area contributed by atoms with Crippen molar-refractivity contribution in [2.75, 3.05) is 13.2 Å². The number of unbranched alkanes of at least 4 members (excludes halogenated alkanes) is 43. The van der Waals surface area contributed by atoms with E-state index in [1.54, 1.807) is 0 Å². The molecule has 0 aromatic carbocycles. The molecule has 376 valence electrons. The maximum absolute atomic E-state index is 12.5. The first kappa shape index (κ1) is 61.9. The number of nitrogens with one attached hydrogen (secondary N) is 1. The molecule has 1 amide bonds. The number of rotatable bonds is 54. The fourth-order valence-electron chi connectivity index (χ4n) is 9.23. The zero-order chi connectivity index (χ0) is 45.8. The third kappa shape index (κ3) is 50.1. The van der Waals surface area contributed by atoms with Gasteiger partial charge in [-0.15, -0.1) is 0 Å². The van der Waals surface area contributed by atoms with Crippen LogP contribution in [-0.4, -0.2) is 47.4 Å². The SMILES string of the molecule is CCCCCCCCCCCCCCCCCCCCCC(O)C(CO)NC(=O)CCCCCCCCCCCCCCCCCCOC(=O)CCCCCCCCCCCCC. The van der Waals surface area contributed by atoms with Crippen molar-refractivity contribution >= 4 is 11.9 Å². The van der Waals surface area contributed by atoms with Crippen LogP contribution < -0.4 is 5.32 Å². The van der Waals surface area contributed by atoms with Crippen LogP contribution in [0.1, 0.15) is 328 Å². The predicted molar refractivity (Wildman–Crippen MR) is 274 cm³/mol. The Kier molecular flexibility index (Phi) is 52.5. The number of carbonyl (C=O) groups is 2. The summed E-state index contributed by atoms with van der Waals surface area (Å²) in [6.45, 7) is 4.96. The maximum atomic E-state index is 12.5. The molecule has 0 aliphatic heterocycles. The first-order valence-corrected chi connectivity index (χ1v) is 28.8. The summed E-state index contributed by atoms with van der Waals surface area (Å²) in [6, 6.07) is -0.545. The van der Waals surface area contributed by atoms with Crippen molar-refractivity contribution in [3.05, 3.63) is 0 Å². The molecule has 0 rings (SSSR count). The van der Waals surface area contributed by atoms with Gasteiger partial charge in [-0.25, -0.2) is 0 Å². The average Bonchev–Trinajstić information content (AvgIpc) is 3.28. The Morgan fingerprint density at radius 2 is 0.651 bits per heavy atom. The molecule has 2 unspecified atom stereocenters. The fraction of sp³-hybridized carbons (Fsp3) is 0.965. The van der Waals surface area contributed by atoms with E-state index < -0.39 is 12.1 Å². The first-order chi connectivity index (χ1) is 31.0. The smallest absolute Gasteiger partial charge is 0.305 e. The maximum Gasteiger partial charge on any atom is 0.305 e. The summed E-state index contributed by atoms with van der Waals surface area (Å²) in [6.07, 6.45) is 60.9. The summed E-state index contributed by atoms with van der Waals surface area (Å²) < 4.78 is 5.46. The molecule has 0 fully saturated rings. The van der Waals surface area contributed by atoms with Gasteiger partial charge in [-0.3, -0.25) is 9.59 Å². The van der Waals surface area contributed by atoms with Crippen molar-refractivity contribution in [1.82, 2.24) is 5.32 Å². The molecule has 6 heteroatoms. The third-order valence-electron chi connectivity index (χ3n) is 13.7. The molecule has 0 saturated heterocycles. The highest BCUT2D eigenvalue weighted by molar-refractivity contribution is 5.76. The third-order valence-corrected chi connectivity index (χ3v) is 13.7. The van der Waals surface area contributed by atoms with E-state index in [2.05, 4.69) is 19.2 Å². The van der Waals surface area contributed by atoms with Gasteiger partial charge in [0.15, 0.2) is 0 Å². The zero-order valence-electron chi connectivity index (χ0n) is 42.8. The number of hydrogen-bond donors (Lipinski definition) is 3. The van der Waals surface area contributed by atoms with E-state index in [0.29, 0.717) is 25.9 Å². The van der Waals surface area contributed by atoms with Gasteiger partial charge in [0, 0.05) is 12.8 Å². The Bertz CT molecular complexity index is 898. The summed E-state index contributed by atoms with van der Waals surface area (Å²) in [7, 11) is 0. The standard InChI is InChI=1S/C57H113NO5/c1-3-5-7-9-11-13-15-16-17-18-19-20-23-26-30-33-37-41-45-49-55(60)54(53-59)58-56(61)50-46-42-38-34-31-27-24-21-22-25-28-32-36-40-44-48-52-63-57(62)51-47-43-39-35-29-14-12-10-8-6-4-2/h54-55,59-60H,3-53H2,1-2H3,(H,58,61). The Morgan fingerprint density at radius 1 is 0.381 bits per heavy atom. The molecule has 6 nitrogen and oxygen atoms in total. The number of aliphatic hydroxyl groups is 2. The highest BCUT2D eigenvalue weighted by atomic mass is 16.5. The largest absolute Gasteiger partial charge is 0.466 e. The summed E-state index contributed by atoms with van der Waals surface area (Å²) in [4.78, 5) is 24.5. The summed E-state index contributed by atoms with van der Waals surface area (Å²) in [5.41, 5.74) is 0. The Hall–Kier alpha value is -1.14. The van der Waals surface area contributed by atoms with Gasteiger partial charge >= 0.3 is 5.97 Å². The monoisotopic (exact) mass is 892 g/mol. The lowest BCUT2D eigenvalue weighted by Gasteiger charge is -2.22. The minimum absolute atomic E-state index is 0.00392. The molecule has 0 spiro atoms. The number of amides is 1. The zero-order valence-corrected chi connectivity index (χ0v) is 42.8. The van der Waals surface area contributed by atoms with Gasteiger partial charge in [0.2, 0.25) is 5.91 Å². The van der Waals surface area contributed by atoms with E-state index in [1.807, 2.05) is 0 Å². The molecule has 0 radical (unpaired) electrons. The molecule has 0 aliphatic rings. The van der Waals surface area contributed by atoms with Gasteiger partial charge in [-0.2, -0.15) is 0 Å². The molecule has 0 aromatic heterocycles. The van der Waals surface area contributed by atoms with Crippen LogP contribution in [0.5, 0.6) is 0 Å². The lowest BCUT2D eigenvalue weighted by Crippen LogP contribution is -2.45. The number of carbonyl (C=O) groups excluding carboxylic acids is 2. The summed E-state index contributed by atoms with van der Waals surface area (Å²) >= 11 is 0. The van der Waals surface area contributed by atoms with Crippen LogP contribution in [0.3, 0.4) is 0 Å². The number of aliphatic hydroxyl groups excluding tert-OH is 2. The second-order valence-corrected chi connectivity index (χ2v) is 20.0. The molecule has 0 bridgehead atoms. The van der Waals surface area contributed by atoms with E-state index in [9.17, 15) is 19.8 Å². The molecule has 0 heterocycles. The van der Waals surface area contributed by atoms with Crippen LogP contribution in [0.25, 0.3) is 0 Å². The minimum Gasteiger partial charge on any atom is -0.466 e. The van der Waals surface area contributed by atoms with Crippen molar-refractivity contribution in [1.29, 1.82) is 0 Å². The minimum atomic E-state index is -0.668. The van der Waals surface area contributed by atoms with Crippen molar-refractivity contribution in [3.63, 3.8) is 0 Å². The summed E-state index contributed by atoms with van der Waals surface area (Å²) in [5, 5.41) is 23.3. The topological polar surface area (TPSA) is 95.9 Å². The predicted octanol–water partition coefficient (Wildman–Crippen LogP) is 17.5. The van der Waals surface area contributed by atoms with Gasteiger partial charge in [0.05, 0.1) is 25.4 Å². The van der Waals surface area contributed by atoms with E-state index in [-0.39, 0.29) is 18.5 Å². The number of esters is 1. The average molecular weight is 893 g/mol. The van der Waals surface area contributed by atoms with Crippen LogP contribution in [0.2, 0.25) is 0 Å². The Labute approximate surface area is 394 Å². The van der Waals surface area contributed by atoms with E-state index in [1.165, 1.54) is 250 Å². The molecule has 0 aliphatic carbocycles. The normalized spacial score (nSPS) is 12.5. The molecule has 3 N–H and O–H groups in total. The summed E-state index contributed by atoms with van der Waals surface area (Å²) in [5.74, 6) is -0.0341. The van der Waals surface area contributed by atoms with Crippen LogP contribution >= 0.6 is 0 Å². The molecular formula is C57H113NO5. The van der Waals surface area contributed by atoms with Gasteiger partial charge in [0.1, 0.15) is 0 Å². The highest BCUT2D eigenvalue weighted by Gasteiger charge is 2.20.